The Kier molecular flexibility index (Phi) is 5.53. The van der Waals surface area contributed by atoms with Crippen LogP contribution in [0.3, 0.4) is 0 Å². The third-order valence-corrected chi connectivity index (χ3v) is 3.89. The SMILES string of the molecule is CC(C)C(C(=O)N(C)CC1CCN(C)C1)C(N)=S. The second-order valence-corrected chi connectivity index (χ2v) is 6.23. The number of hydrogen-bond acceptors (Lipinski definition) is 3. The first kappa shape index (κ1) is 15.4. The van der Waals surface area contributed by atoms with Crippen LogP contribution in [-0.2, 0) is 4.79 Å². The Morgan fingerprint density at radius 3 is 2.56 bits per heavy atom. The number of carbonyl (C=O) groups excluding carboxylic acids is 1. The molecule has 5 heteroatoms. The molecule has 0 aromatic rings. The van der Waals surface area contributed by atoms with Gasteiger partial charge in [-0.15, -0.1) is 0 Å². The molecule has 1 saturated heterocycles. The van der Waals surface area contributed by atoms with Gasteiger partial charge >= 0.3 is 0 Å². The predicted molar refractivity (Wildman–Crippen MR) is 78.4 cm³/mol. The minimum absolute atomic E-state index is 0.0621. The summed E-state index contributed by atoms with van der Waals surface area (Å²) in [6.07, 6.45) is 1.16. The Labute approximate surface area is 115 Å². The average molecular weight is 271 g/mol. The first-order valence-corrected chi connectivity index (χ1v) is 6.96. The predicted octanol–water partition coefficient (Wildman–Crippen LogP) is 0.955. The fourth-order valence-electron chi connectivity index (χ4n) is 2.63. The van der Waals surface area contributed by atoms with E-state index in [9.17, 15) is 4.79 Å². The third-order valence-electron chi connectivity index (χ3n) is 3.64. The smallest absolute Gasteiger partial charge is 0.232 e. The van der Waals surface area contributed by atoms with Crippen molar-refractivity contribution in [2.75, 3.05) is 33.7 Å². The molecular weight excluding hydrogens is 246 g/mol. The fraction of sp³-hybridized carbons (Fsp3) is 0.846. The minimum atomic E-state index is -0.330. The van der Waals surface area contributed by atoms with Gasteiger partial charge in [0.1, 0.15) is 0 Å². The van der Waals surface area contributed by atoms with Gasteiger partial charge in [-0.2, -0.15) is 0 Å². The molecular formula is C13H25N3OS. The topological polar surface area (TPSA) is 49.6 Å². The molecule has 104 valence electrons. The van der Waals surface area contributed by atoms with Crippen LogP contribution in [0.15, 0.2) is 0 Å². The minimum Gasteiger partial charge on any atom is -0.393 e. The molecule has 0 aliphatic carbocycles. The van der Waals surface area contributed by atoms with E-state index in [2.05, 4.69) is 11.9 Å². The molecule has 1 aliphatic rings. The summed E-state index contributed by atoms with van der Waals surface area (Å²) < 4.78 is 0. The zero-order valence-corrected chi connectivity index (χ0v) is 12.7. The monoisotopic (exact) mass is 271 g/mol. The highest BCUT2D eigenvalue weighted by Gasteiger charge is 2.30. The molecule has 2 unspecified atom stereocenters. The number of likely N-dealkylation sites (tertiary alicyclic amines) is 1. The van der Waals surface area contributed by atoms with E-state index in [1.165, 1.54) is 0 Å². The summed E-state index contributed by atoms with van der Waals surface area (Å²) >= 11 is 5.01. The molecule has 0 bridgehead atoms. The molecule has 1 heterocycles. The third kappa shape index (κ3) is 3.92. The summed E-state index contributed by atoms with van der Waals surface area (Å²) in [6, 6.07) is 0. The van der Waals surface area contributed by atoms with Crippen molar-refractivity contribution in [3.63, 3.8) is 0 Å². The zero-order valence-electron chi connectivity index (χ0n) is 11.8. The van der Waals surface area contributed by atoms with Crippen molar-refractivity contribution in [2.45, 2.75) is 20.3 Å². The van der Waals surface area contributed by atoms with Crippen LogP contribution in [0.4, 0.5) is 0 Å². The van der Waals surface area contributed by atoms with E-state index >= 15 is 0 Å². The van der Waals surface area contributed by atoms with Crippen LogP contribution in [0, 0.1) is 17.8 Å². The number of nitrogens with zero attached hydrogens (tertiary/aromatic N) is 2. The van der Waals surface area contributed by atoms with Gasteiger partial charge in [0.15, 0.2) is 0 Å². The molecule has 0 spiro atoms. The molecule has 0 radical (unpaired) electrons. The lowest BCUT2D eigenvalue weighted by Crippen LogP contribution is -2.43. The summed E-state index contributed by atoms with van der Waals surface area (Å²) in [6.45, 7) is 6.96. The maximum atomic E-state index is 12.3. The molecule has 18 heavy (non-hydrogen) atoms. The van der Waals surface area contributed by atoms with Gasteiger partial charge in [0.2, 0.25) is 5.91 Å². The molecule has 1 aliphatic heterocycles. The lowest BCUT2D eigenvalue weighted by molar-refractivity contribution is -0.133. The number of carbonyl (C=O) groups is 1. The number of nitrogens with two attached hydrogens (primary N) is 1. The first-order valence-electron chi connectivity index (χ1n) is 6.55. The highest BCUT2D eigenvalue weighted by Crippen LogP contribution is 2.19. The van der Waals surface area contributed by atoms with Gasteiger partial charge in [-0.1, -0.05) is 26.1 Å². The molecule has 0 aromatic carbocycles. The number of thiocarbonyl (C=S) groups is 1. The summed E-state index contributed by atoms with van der Waals surface area (Å²) in [5.74, 6) is 0.461. The summed E-state index contributed by atoms with van der Waals surface area (Å²) in [5.41, 5.74) is 5.68. The Balaban J connectivity index is 2.57. The van der Waals surface area contributed by atoms with Gasteiger partial charge in [-0.3, -0.25) is 4.79 Å². The van der Waals surface area contributed by atoms with Crippen LogP contribution in [0.25, 0.3) is 0 Å². The maximum Gasteiger partial charge on any atom is 0.232 e. The molecule has 1 rings (SSSR count). The van der Waals surface area contributed by atoms with E-state index in [4.69, 9.17) is 18.0 Å². The quantitative estimate of drug-likeness (QED) is 0.757. The Bertz CT molecular complexity index is 319. The summed E-state index contributed by atoms with van der Waals surface area (Å²) in [7, 11) is 3.97. The van der Waals surface area contributed by atoms with Gasteiger partial charge in [0.05, 0.1) is 10.9 Å². The molecule has 2 N–H and O–H groups in total. The fourth-order valence-corrected chi connectivity index (χ4v) is 3.00. The van der Waals surface area contributed by atoms with Gasteiger partial charge in [0, 0.05) is 20.1 Å². The molecule has 4 nitrogen and oxygen atoms in total. The van der Waals surface area contributed by atoms with Crippen molar-refractivity contribution >= 4 is 23.1 Å². The van der Waals surface area contributed by atoms with Crippen molar-refractivity contribution < 1.29 is 4.79 Å². The van der Waals surface area contributed by atoms with Crippen LogP contribution in [-0.4, -0.2) is 54.4 Å². The Hall–Kier alpha value is -0.680. The van der Waals surface area contributed by atoms with E-state index in [0.29, 0.717) is 10.9 Å². The van der Waals surface area contributed by atoms with E-state index < -0.39 is 0 Å². The van der Waals surface area contributed by atoms with Crippen LogP contribution < -0.4 is 5.73 Å². The van der Waals surface area contributed by atoms with Crippen molar-refractivity contribution in [3.05, 3.63) is 0 Å². The van der Waals surface area contributed by atoms with E-state index in [0.717, 1.165) is 26.1 Å². The number of hydrogen-bond donors (Lipinski definition) is 1. The lowest BCUT2D eigenvalue weighted by atomic mass is 9.94. The van der Waals surface area contributed by atoms with Crippen LogP contribution >= 0.6 is 12.2 Å². The maximum absolute atomic E-state index is 12.3. The van der Waals surface area contributed by atoms with Crippen LogP contribution in [0.5, 0.6) is 0 Å². The number of amides is 1. The van der Waals surface area contributed by atoms with E-state index in [1.807, 2.05) is 20.9 Å². The largest absolute Gasteiger partial charge is 0.393 e. The molecule has 2 atom stereocenters. The van der Waals surface area contributed by atoms with Crippen LogP contribution in [0.2, 0.25) is 0 Å². The standard InChI is InChI=1S/C13H25N3OS/c1-9(2)11(12(14)18)13(17)16(4)8-10-5-6-15(3)7-10/h9-11H,5-8H2,1-4H3,(H2,14,18). The van der Waals surface area contributed by atoms with Gasteiger partial charge in [-0.25, -0.2) is 0 Å². The van der Waals surface area contributed by atoms with Crippen molar-refractivity contribution in [1.82, 2.24) is 9.80 Å². The summed E-state index contributed by atoms with van der Waals surface area (Å²) in [4.78, 5) is 16.8. The van der Waals surface area contributed by atoms with Gasteiger partial charge < -0.3 is 15.5 Å². The molecule has 1 amide bonds. The highest BCUT2D eigenvalue weighted by molar-refractivity contribution is 7.80. The van der Waals surface area contributed by atoms with Gasteiger partial charge in [-0.05, 0) is 31.8 Å². The average Bonchev–Trinajstić information content (AvgIpc) is 2.62. The Morgan fingerprint density at radius 1 is 1.56 bits per heavy atom. The normalized spacial score (nSPS) is 22.2. The first-order chi connectivity index (χ1) is 8.32. The number of rotatable bonds is 5. The second-order valence-electron chi connectivity index (χ2n) is 5.76. The van der Waals surface area contributed by atoms with E-state index in [1.54, 1.807) is 4.90 Å². The van der Waals surface area contributed by atoms with E-state index in [-0.39, 0.29) is 17.7 Å². The molecule has 1 fully saturated rings. The molecule has 0 saturated carbocycles. The zero-order chi connectivity index (χ0) is 13.9. The van der Waals surface area contributed by atoms with Crippen molar-refractivity contribution in [2.24, 2.45) is 23.5 Å². The lowest BCUT2D eigenvalue weighted by Gasteiger charge is -2.27. The van der Waals surface area contributed by atoms with Crippen molar-refractivity contribution in [1.29, 1.82) is 0 Å². The highest BCUT2D eigenvalue weighted by atomic mass is 32.1. The van der Waals surface area contributed by atoms with Crippen molar-refractivity contribution in [3.8, 4) is 0 Å². The summed E-state index contributed by atoms with van der Waals surface area (Å²) in [5, 5.41) is 0. The Morgan fingerprint density at radius 2 is 2.17 bits per heavy atom. The van der Waals surface area contributed by atoms with Gasteiger partial charge in [0.25, 0.3) is 0 Å². The molecule has 0 aromatic heterocycles. The second kappa shape index (κ2) is 6.48. The van der Waals surface area contributed by atoms with Crippen LogP contribution in [0.1, 0.15) is 20.3 Å².